The molecule has 0 aromatic rings. The lowest BCUT2D eigenvalue weighted by molar-refractivity contribution is -0.151. The molecule has 2 bridgehead atoms. The summed E-state index contributed by atoms with van der Waals surface area (Å²) in [5.41, 5.74) is 16.5. The molecule has 0 radical (unpaired) electrons. The van der Waals surface area contributed by atoms with Crippen LogP contribution in [0.15, 0.2) is 0 Å². The second kappa shape index (κ2) is 19.8. The highest BCUT2D eigenvalue weighted by Crippen LogP contribution is 2.47. The summed E-state index contributed by atoms with van der Waals surface area (Å²) in [5, 5.41) is 38.9. The van der Waals surface area contributed by atoms with Crippen molar-refractivity contribution < 1.29 is 54.0 Å². The molecule has 5 heterocycles. The molecule has 7 rings (SSSR count). The summed E-state index contributed by atoms with van der Waals surface area (Å²) in [4.78, 5) is 83.2. The van der Waals surface area contributed by atoms with Crippen LogP contribution in [0.1, 0.15) is 90.9 Å². The molecule has 11 N–H and O–H groups in total. The fourth-order valence-corrected chi connectivity index (χ4v) is 10.6. The molecule has 2 unspecified atom stereocenters. The Morgan fingerprint density at radius 1 is 0.839 bits per heavy atom. The molecule has 10 atom stereocenters. The van der Waals surface area contributed by atoms with Crippen molar-refractivity contribution >= 4 is 53.4 Å². The van der Waals surface area contributed by atoms with Gasteiger partial charge in [-0.1, -0.05) is 13.8 Å². The summed E-state index contributed by atoms with van der Waals surface area (Å²) in [7, 11) is 0. The van der Waals surface area contributed by atoms with E-state index in [1.807, 2.05) is 13.8 Å². The van der Waals surface area contributed by atoms with Crippen molar-refractivity contribution in [1.29, 1.82) is 0 Å². The molecule has 0 aromatic carbocycles. The van der Waals surface area contributed by atoms with E-state index in [0.717, 1.165) is 64.3 Å². The van der Waals surface area contributed by atoms with Gasteiger partial charge in [-0.3, -0.25) is 24.0 Å². The number of nitrogens with zero attached hydrogens (tertiary/aromatic N) is 3. The Kier molecular flexibility index (Phi) is 15.9. The molecular weight excluding hydrogens is 751 g/mol. The summed E-state index contributed by atoms with van der Waals surface area (Å²) < 4.78 is 0. The summed E-state index contributed by atoms with van der Waals surface area (Å²) in [6.07, 6.45) is 10.3. The van der Waals surface area contributed by atoms with Crippen LogP contribution in [0.2, 0.25) is 0 Å². The maximum atomic E-state index is 12.5. The third-order valence-corrected chi connectivity index (χ3v) is 13.5. The lowest BCUT2D eigenvalue weighted by Crippen LogP contribution is -2.55. The number of amides is 3. The second-order valence-corrected chi connectivity index (χ2v) is 17.7. The lowest BCUT2D eigenvalue weighted by Gasteiger charge is -2.34. The van der Waals surface area contributed by atoms with Gasteiger partial charge in [-0.05, 0) is 101 Å². The number of hydrogen-bond acceptors (Lipinski definition) is 12. The molecule has 7 fully saturated rings. The van der Waals surface area contributed by atoms with E-state index in [2.05, 4.69) is 5.32 Å². The third-order valence-electron chi connectivity index (χ3n) is 12.1. The van der Waals surface area contributed by atoms with Crippen LogP contribution in [0.5, 0.6) is 0 Å². The van der Waals surface area contributed by atoms with E-state index in [1.54, 1.807) is 4.90 Å². The van der Waals surface area contributed by atoms with Gasteiger partial charge in [0.15, 0.2) is 0 Å². The molecule has 7 aliphatic rings. The number of carbonyl (C=O) groups excluding carboxylic acids is 3. The lowest BCUT2D eigenvalue weighted by atomic mass is 9.85. The van der Waals surface area contributed by atoms with Crippen molar-refractivity contribution in [1.82, 2.24) is 20.0 Å². The minimum Gasteiger partial charge on any atom is -0.481 e. The first-order valence-electron chi connectivity index (χ1n) is 19.8. The highest BCUT2D eigenvalue weighted by Gasteiger charge is 2.51. The van der Waals surface area contributed by atoms with Gasteiger partial charge in [0.1, 0.15) is 18.6 Å². The molecule has 5 aliphatic heterocycles. The molecule has 5 saturated heterocycles. The average molecular weight is 812 g/mol. The molecule has 2 aliphatic carbocycles. The van der Waals surface area contributed by atoms with E-state index in [0.29, 0.717) is 49.9 Å². The van der Waals surface area contributed by atoms with Crippen LogP contribution in [0, 0.1) is 23.7 Å². The number of hydrogen-bond donors (Lipinski definition) is 8. The van der Waals surface area contributed by atoms with Crippen LogP contribution >= 0.6 is 11.8 Å². The molecule has 1 spiro atoms. The number of piperidine rings is 1. The number of rotatable bonds is 8. The Bertz CT molecular complexity index is 1460. The second-order valence-electron chi connectivity index (χ2n) is 16.4. The van der Waals surface area contributed by atoms with Crippen LogP contribution < -0.4 is 22.5 Å². The number of fused-ring (bicyclic) bond motifs is 3. The Morgan fingerprint density at radius 2 is 1.52 bits per heavy atom. The monoisotopic (exact) mass is 811 g/mol. The van der Waals surface area contributed by atoms with Crippen molar-refractivity contribution in [3.63, 3.8) is 0 Å². The molecule has 0 aromatic heterocycles. The topological polar surface area (TPSA) is 300 Å². The van der Waals surface area contributed by atoms with E-state index >= 15 is 0 Å². The van der Waals surface area contributed by atoms with Crippen LogP contribution in [-0.2, 0) is 33.6 Å². The third kappa shape index (κ3) is 10.7. The number of likely N-dealkylation sites (tertiary alicyclic amines) is 2. The number of nitrogens with one attached hydrogen (secondary N) is 1. The number of aliphatic carboxylic acids is 4. The molecule has 3 amide bonds. The summed E-state index contributed by atoms with van der Waals surface area (Å²) >= 11 is 1.54. The maximum Gasteiger partial charge on any atom is 0.327 e. The highest BCUT2D eigenvalue weighted by atomic mass is 32.2. The van der Waals surface area contributed by atoms with E-state index < -0.39 is 53.6 Å². The molecule has 18 nitrogen and oxygen atoms in total. The minimum absolute atomic E-state index is 0.00644. The maximum absolute atomic E-state index is 12.5. The van der Waals surface area contributed by atoms with Crippen LogP contribution in [-0.4, -0.2) is 150 Å². The van der Waals surface area contributed by atoms with Crippen molar-refractivity contribution in [2.45, 2.75) is 132 Å². The summed E-state index contributed by atoms with van der Waals surface area (Å²) in [6.45, 7) is 5.68. The van der Waals surface area contributed by atoms with E-state index in [1.165, 1.54) is 21.6 Å². The SMILES string of the molecule is CC(C)C[C@@H](C(=O)O)N1CC[C@@]2(CCCN2)C1=O.NC1CCCCN(CC(=O)O)C1=O.N[C@@H]1CCC2SC[C@H](C(=O)O)N2C1=O.N[C@@H]1[C@H]2CC[C@H](C2)[C@@H]1C(=O)O. The Balaban J connectivity index is 0.000000168. The molecule has 316 valence electrons. The van der Waals surface area contributed by atoms with Gasteiger partial charge in [-0.2, -0.15) is 0 Å². The van der Waals surface area contributed by atoms with Crippen LogP contribution in [0.3, 0.4) is 0 Å². The van der Waals surface area contributed by atoms with E-state index in [-0.39, 0.29) is 47.5 Å². The number of carbonyl (C=O) groups is 7. The fourth-order valence-electron chi connectivity index (χ4n) is 9.17. The van der Waals surface area contributed by atoms with E-state index in [4.69, 9.17) is 32.5 Å². The fraction of sp³-hybridized carbons (Fsp3) is 0.811. The quantitative estimate of drug-likeness (QED) is 0.162. The Labute approximate surface area is 331 Å². The van der Waals surface area contributed by atoms with Crippen LogP contribution in [0.4, 0.5) is 0 Å². The number of nitrogens with two attached hydrogens (primary N) is 3. The average Bonchev–Trinajstić information content (AvgIpc) is 3.97. The number of thioether (sulfide) groups is 1. The summed E-state index contributed by atoms with van der Waals surface area (Å²) in [5.74, 6) is -2.54. The largest absolute Gasteiger partial charge is 0.481 e. The normalized spacial score (nSPS) is 33.8. The Hall–Kier alpha value is -3.52. The van der Waals surface area contributed by atoms with Gasteiger partial charge in [-0.25, -0.2) is 9.59 Å². The van der Waals surface area contributed by atoms with Crippen molar-refractivity contribution in [2.24, 2.45) is 40.9 Å². The minimum atomic E-state index is -0.984. The molecule has 19 heteroatoms. The van der Waals surface area contributed by atoms with Gasteiger partial charge in [-0.15, -0.1) is 11.8 Å². The predicted octanol–water partition coefficient (Wildman–Crippen LogP) is 0.158. The first kappa shape index (κ1) is 45.2. The standard InChI is InChI=1S/C13H22N2O3.C8H12N2O3S.C8H14N2O3.C8H13NO2/c1-9(2)8-10(11(16)17)15-7-5-13(12(15)18)4-3-6-14-13;9-4-1-2-6-10(7(4)11)5(3-14-6)8(12)13;9-6-3-1-2-4-10(8(6)13)5-7(11)12;9-7-5-2-1-4(3-5)6(7)8(10)11/h9-10,14H,3-8H2,1-2H3,(H,16,17);4-6H,1-3,9H2,(H,12,13);6H,1-5,9H2,(H,11,12);4-7H,1-3,9H2,(H,10,11)/t10-,13-;4-,5-,6?;;4-,5+,6+,7-/m01.1/s1. The van der Waals surface area contributed by atoms with Gasteiger partial charge in [0, 0.05) is 24.9 Å². The smallest absolute Gasteiger partial charge is 0.327 e. The van der Waals surface area contributed by atoms with E-state index in [9.17, 15) is 38.7 Å². The first-order chi connectivity index (χ1) is 26.4. The van der Waals surface area contributed by atoms with Crippen molar-refractivity contribution in [2.75, 3.05) is 31.9 Å². The number of carboxylic acid groups (broad SMARTS) is 4. The highest BCUT2D eigenvalue weighted by molar-refractivity contribution is 8.00. The molecule has 2 saturated carbocycles. The van der Waals surface area contributed by atoms with Crippen molar-refractivity contribution in [3.05, 3.63) is 0 Å². The predicted molar refractivity (Wildman–Crippen MR) is 205 cm³/mol. The molecular formula is C37H61N7O11S. The zero-order chi connectivity index (χ0) is 41.5. The zero-order valence-electron chi connectivity index (χ0n) is 32.4. The Morgan fingerprint density at radius 3 is 2.05 bits per heavy atom. The van der Waals surface area contributed by atoms with Gasteiger partial charge in [0.05, 0.1) is 28.9 Å². The zero-order valence-corrected chi connectivity index (χ0v) is 33.2. The summed E-state index contributed by atoms with van der Waals surface area (Å²) in [6, 6.07) is -2.43. The van der Waals surface area contributed by atoms with Crippen molar-refractivity contribution in [3.8, 4) is 0 Å². The molecule has 56 heavy (non-hydrogen) atoms. The van der Waals surface area contributed by atoms with Gasteiger partial charge in [0.2, 0.25) is 17.7 Å². The van der Waals surface area contributed by atoms with Gasteiger partial charge in [0.25, 0.3) is 0 Å². The first-order valence-corrected chi connectivity index (χ1v) is 20.9. The van der Waals surface area contributed by atoms with Gasteiger partial charge < -0.3 is 57.6 Å². The number of carboxylic acids is 4. The van der Waals surface area contributed by atoms with Gasteiger partial charge >= 0.3 is 23.9 Å². The van der Waals surface area contributed by atoms with Crippen LogP contribution in [0.25, 0.3) is 0 Å².